The van der Waals surface area contributed by atoms with Crippen molar-refractivity contribution < 1.29 is 0 Å². The van der Waals surface area contributed by atoms with Gasteiger partial charge in [0, 0.05) is 0 Å². The summed E-state index contributed by atoms with van der Waals surface area (Å²) in [6.45, 7) is 2.20. The molecule has 0 unspecified atom stereocenters. The second kappa shape index (κ2) is 4.39. The summed E-state index contributed by atoms with van der Waals surface area (Å²) >= 11 is 0. The van der Waals surface area contributed by atoms with E-state index in [2.05, 4.69) is 54.9 Å². The summed E-state index contributed by atoms with van der Waals surface area (Å²) in [5.41, 5.74) is 4.11. The standard InChI is InChI=1S/C13H13P/c1-2-11-8-13(10-14-9-11)12-6-4-3-5-7-12/h3-10H,2H2,1H3. The molecular weight excluding hydrogens is 187 g/mol. The SMILES string of the molecule is CCc1cpcc(-c2ccccc2)c1. The molecule has 0 amide bonds. The van der Waals surface area contributed by atoms with Crippen LogP contribution in [0.25, 0.3) is 11.1 Å². The van der Waals surface area contributed by atoms with Gasteiger partial charge in [0.2, 0.25) is 0 Å². The van der Waals surface area contributed by atoms with Gasteiger partial charge in [0.15, 0.2) is 0 Å². The summed E-state index contributed by atoms with van der Waals surface area (Å²) < 4.78 is 0. The van der Waals surface area contributed by atoms with Gasteiger partial charge in [0.1, 0.15) is 0 Å². The van der Waals surface area contributed by atoms with E-state index >= 15 is 0 Å². The Hall–Kier alpha value is -1.13. The monoisotopic (exact) mass is 200 g/mol. The lowest BCUT2D eigenvalue weighted by Crippen LogP contribution is -1.79. The van der Waals surface area contributed by atoms with E-state index < -0.39 is 0 Å². The highest BCUT2D eigenvalue weighted by atomic mass is 31.0. The van der Waals surface area contributed by atoms with E-state index in [9.17, 15) is 0 Å². The molecule has 0 saturated carbocycles. The third-order valence-electron chi connectivity index (χ3n) is 2.31. The minimum atomic E-state index is 1.12. The van der Waals surface area contributed by atoms with Crippen molar-refractivity contribution in [1.82, 2.24) is 0 Å². The molecular formula is C13H13P. The Morgan fingerprint density at radius 2 is 1.79 bits per heavy atom. The number of rotatable bonds is 2. The lowest BCUT2D eigenvalue weighted by molar-refractivity contribution is 1.15. The number of aryl methyl sites for hydroxylation is 1. The van der Waals surface area contributed by atoms with Crippen LogP contribution in [0.2, 0.25) is 0 Å². The molecule has 0 saturated heterocycles. The Balaban J connectivity index is 2.42. The van der Waals surface area contributed by atoms with Crippen molar-refractivity contribution in [3.05, 3.63) is 53.6 Å². The first-order chi connectivity index (χ1) is 6.90. The Morgan fingerprint density at radius 1 is 1.00 bits per heavy atom. The Bertz CT molecular complexity index is 407. The van der Waals surface area contributed by atoms with Gasteiger partial charge in [-0.3, -0.25) is 0 Å². The van der Waals surface area contributed by atoms with Gasteiger partial charge in [-0.25, -0.2) is 0 Å². The molecule has 2 rings (SSSR count). The van der Waals surface area contributed by atoms with Gasteiger partial charge in [0.05, 0.1) is 0 Å². The molecule has 1 aromatic carbocycles. The van der Waals surface area contributed by atoms with E-state index in [1.807, 2.05) is 0 Å². The van der Waals surface area contributed by atoms with Gasteiger partial charge in [-0.15, -0.1) is 0 Å². The molecule has 1 heteroatoms. The van der Waals surface area contributed by atoms with E-state index in [4.69, 9.17) is 0 Å². The summed E-state index contributed by atoms with van der Waals surface area (Å²) in [5.74, 6) is 4.53. The van der Waals surface area contributed by atoms with Crippen molar-refractivity contribution in [2.24, 2.45) is 0 Å². The van der Waals surface area contributed by atoms with Crippen LogP contribution >= 0.6 is 8.19 Å². The molecule has 0 aliphatic heterocycles. The van der Waals surface area contributed by atoms with Gasteiger partial charge >= 0.3 is 0 Å². The molecule has 0 spiro atoms. The van der Waals surface area contributed by atoms with Crippen LogP contribution < -0.4 is 0 Å². The lowest BCUT2D eigenvalue weighted by Gasteiger charge is -2.02. The molecule has 0 aliphatic carbocycles. The van der Waals surface area contributed by atoms with Crippen LogP contribution in [0, 0.1) is 0 Å². The van der Waals surface area contributed by atoms with Crippen LogP contribution in [0.3, 0.4) is 0 Å². The smallest absolute Gasteiger partial charge is 0.0136 e. The minimum Gasteiger partial charge on any atom is -0.0755 e. The van der Waals surface area contributed by atoms with E-state index in [1.54, 1.807) is 0 Å². The van der Waals surface area contributed by atoms with Gasteiger partial charge < -0.3 is 0 Å². The summed E-state index contributed by atoms with van der Waals surface area (Å²) in [5, 5.41) is 0. The highest BCUT2D eigenvalue weighted by molar-refractivity contribution is 7.28. The first kappa shape index (κ1) is 9.43. The van der Waals surface area contributed by atoms with E-state index in [0.717, 1.165) is 6.42 Å². The normalized spacial score (nSPS) is 10.6. The first-order valence-electron chi connectivity index (χ1n) is 4.89. The third kappa shape index (κ3) is 2.02. The summed E-state index contributed by atoms with van der Waals surface area (Å²) in [4.78, 5) is 0. The predicted molar refractivity (Wildman–Crippen MR) is 63.8 cm³/mol. The fourth-order valence-electron chi connectivity index (χ4n) is 1.47. The van der Waals surface area contributed by atoms with Crippen LogP contribution in [0.5, 0.6) is 0 Å². The van der Waals surface area contributed by atoms with Gasteiger partial charge in [-0.1, -0.05) is 51.5 Å². The molecule has 2 aromatic rings. The highest BCUT2D eigenvalue weighted by Gasteiger charge is 1.96. The first-order valence-corrected chi connectivity index (χ1v) is 5.93. The lowest BCUT2D eigenvalue weighted by atomic mass is 10.1. The van der Waals surface area contributed by atoms with Crippen molar-refractivity contribution >= 4 is 8.19 Å². The Kier molecular flexibility index (Phi) is 2.96. The van der Waals surface area contributed by atoms with Gasteiger partial charge in [0.25, 0.3) is 0 Å². The third-order valence-corrected chi connectivity index (χ3v) is 3.22. The number of hydrogen-bond donors (Lipinski definition) is 0. The molecule has 0 aliphatic rings. The molecule has 70 valence electrons. The van der Waals surface area contributed by atoms with Crippen molar-refractivity contribution in [2.45, 2.75) is 13.3 Å². The van der Waals surface area contributed by atoms with E-state index in [1.165, 1.54) is 24.9 Å². The average molecular weight is 200 g/mol. The fraction of sp³-hybridized carbons (Fsp3) is 0.154. The predicted octanol–water partition coefficient (Wildman–Crippen LogP) is 4.50. The van der Waals surface area contributed by atoms with Gasteiger partial charge in [-0.05, 0) is 34.7 Å². The van der Waals surface area contributed by atoms with Crippen LogP contribution in [-0.4, -0.2) is 0 Å². The summed E-state index contributed by atoms with van der Waals surface area (Å²) in [7, 11) is 1.31. The second-order valence-corrected chi connectivity index (χ2v) is 4.12. The van der Waals surface area contributed by atoms with Crippen LogP contribution in [0.4, 0.5) is 0 Å². The van der Waals surface area contributed by atoms with Crippen LogP contribution in [-0.2, 0) is 6.42 Å². The number of hydrogen-bond acceptors (Lipinski definition) is 0. The molecule has 0 nitrogen and oxygen atoms in total. The van der Waals surface area contributed by atoms with Crippen molar-refractivity contribution in [1.29, 1.82) is 0 Å². The van der Waals surface area contributed by atoms with Crippen LogP contribution in [0.1, 0.15) is 12.5 Å². The summed E-state index contributed by atoms with van der Waals surface area (Å²) in [6.07, 6.45) is 1.12. The second-order valence-electron chi connectivity index (χ2n) is 3.30. The Labute approximate surface area is 86.7 Å². The molecule has 1 heterocycles. The molecule has 0 bridgehead atoms. The fourth-order valence-corrected chi connectivity index (χ4v) is 2.38. The molecule has 14 heavy (non-hydrogen) atoms. The highest BCUT2D eigenvalue weighted by Crippen LogP contribution is 2.24. The minimum absolute atomic E-state index is 1.12. The van der Waals surface area contributed by atoms with Crippen molar-refractivity contribution in [2.75, 3.05) is 0 Å². The van der Waals surface area contributed by atoms with Crippen molar-refractivity contribution in [3.8, 4) is 11.1 Å². The zero-order valence-corrected chi connectivity index (χ0v) is 9.17. The van der Waals surface area contributed by atoms with E-state index in [0.29, 0.717) is 0 Å². The Morgan fingerprint density at radius 3 is 2.50 bits per heavy atom. The maximum absolute atomic E-state index is 2.28. The largest absolute Gasteiger partial charge is 0.0755 e. The zero-order valence-electron chi connectivity index (χ0n) is 8.27. The summed E-state index contributed by atoms with van der Waals surface area (Å²) in [6, 6.07) is 12.8. The zero-order chi connectivity index (χ0) is 9.80. The topological polar surface area (TPSA) is 0 Å². The van der Waals surface area contributed by atoms with Crippen LogP contribution in [0.15, 0.2) is 48.0 Å². The molecule has 0 fully saturated rings. The maximum Gasteiger partial charge on any atom is -0.0136 e. The van der Waals surface area contributed by atoms with Gasteiger partial charge in [-0.2, -0.15) is 0 Å². The molecule has 0 atom stereocenters. The van der Waals surface area contributed by atoms with E-state index in [-0.39, 0.29) is 0 Å². The average Bonchev–Trinajstić information content (AvgIpc) is 2.30. The number of benzene rings is 1. The quantitative estimate of drug-likeness (QED) is 0.669. The molecule has 0 N–H and O–H groups in total. The maximum atomic E-state index is 2.28. The van der Waals surface area contributed by atoms with Crippen molar-refractivity contribution in [3.63, 3.8) is 0 Å². The molecule has 0 radical (unpaired) electrons. The molecule has 1 aromatic heterocycles.